The monoisotopic (exact) mass is 178 g/mol. The number of methoxy groups -OCH3 is 1. The van der Waals surface area contributed by atoms with Crippen molar-refractivity contribution in [3.8, 4) is 5.75 Å². The number of likely N-dealkylation sites (N-methyl/N-ethyl adjacent to an activating group) is 1. The Balaban J connectivity index is 2.16. The number of benzene rings is 1. The predicted molar refractivity (Wildman–Crippen MR) is 52.7 cm³/mol. The second kappa shape index (κ2) is 2.74. The van der Waals surface area contributed by atoms with Gasteiger partial charge in [0, 0.05) is 5.56 Å². The molecule has 0 aliphatic carbocycles. The maximum absolute atomic E-state index is 5.12. The summed E-state index contributed by atoms with van der Waals surface area (Å²) in [4.78, 5) is 0. The van der Waals surface area contributed by atoms with Crippen LogP contribution in [0.3, 0.4) is 0 Å². The van der Waals surface area contributed by atoms with Gasteiger partial charge in [0.15, 0.2) is 6.04 Å². The summed E-state index contributed by atoms with van der Waals surface area (Å²) >= 11 is 0. The lowest BCUT2D eigenvalue weighted by Crippen LogP contribution is -2.12. The molecule has 0 radical (unpaired) electrons. The minimum atomic E-state index is 0.700. The van der Waals surface area contributed by atoms with Crippen molar-refractivity contribution < 1.29 is 9.22 Å². The maximum atomic E-state index is 5.12. The van der Waals surface area contributed by atoms with Crippen molar-refractivity contribution in [2.75, 3.05) is 27.7 Å². The Labute approximate surface area is 79.3 Å². The van der Waals surface area contributed by atoms with Crippen molar-refractivity contribution in [2.45, 2.75) is 6.04 Å². The molecule has 1 atom stereocenters. The van der Waals surface area contributed by atoms with Crippen LogP contribution in [-0.2, 0) is 0 Å². The summed E-state index contributed by atoms with van der Waals surface area (Å²) in [6.07, 6.45) is 0. The molecule has 13 heavy (non-hydrogen) atoms. The fourth-order valence-corrected chi connectivity index (χ4v) is 1.73. The van der Waals surface area contributed by atoms with Gasteiger partial charge in [-0.25, -0.2) is 0 Å². The molecule has 0 amide bonds. The summed E-state index contributed by atoms with van der Waals surface area (Å²) in [6, 6.07) is 9.10. The zero-order valence-corrected chi connectivity index (χ0v) is 8.45. The highest BCUT2D eigenvalue weighted by molar-refractivity contribution is 5.29. The lowest BCUT2D eigenvalue weighted by Gasteiger charge is -2.06. The van der Waals surface area contributed by atoms with Crippen LogP contribution in [0.15, 0.2) is 24.3 Å². The van der Waals surface area contributed by atoms with Gasteiger partial charge in [0.1, 0.15) is 12.3 Å². The quantitative estimate of drug-likeness (QED) is 0.496. The first-order valence-corrected chi connectivity index (χ1v) is 4.60. The van der Waals surface area contributed by atoms with Crippen LogP contribution < -0.4 is 4.74 Å². The minimum absolute atomic E-state index is 0.700. The van der Waals surface area contributed by atoms with Crippen molar-refractivity contribution in [1.82, 2.24) is 0 Å². The summed E-state index contributed by atoms with van der Waals surface area (Å²) in [5.74, 6) is 0.940. The van der Waals surface area contributed by atoms with E-state index in [4.69, 9.17) is 4.74 Å². The number of hydrogen-bond donors (Lipinski definition) is 0. The number of rotatable bonds is 2. The van der Waals surface area contributed by atoms with E-state index in [1.54, 1.807) is 7.11 Å². The lowest BCUT2D eigenvalue weighted by molar-refractivity contribution is -0.772. The largest absolute Gasteiger partial charge is 0.497 e. The molecule has 2 rings (SSSR count). The number of ether oxygens (including phenoxy) is 1. The van der Waals surface area contributed by atoms with Gasteiger partial charge in [-0.3, -0.25) is 0 Å². The van der Waals surface area contributed by atoms with E-state index in [9.17, 15) is 0 Å². The number of quaternary nitrogens is 1. The molecule has 1 aromatic rings. The third-order valence-corrected chi connectivity index (χ3v) is 2.85. The molecular formula is C11H16NO+. The van der Waals surface area contributed by atoms with Gasteiger partial charge < -0.3 is 9.22 Å². The maximum Gasteiger partial charge on any atom is 0.164 e. The number of hydrogen-bond acceptors (Lipinski definition) is 1. The van der Waals surface area contributed by atoms with Crippen LogP contribution in [0.25, 0.3) is 0 Å². The lowest BCUT2D eigenvalue weighted by atomic mass is 10.1. The average molecular weight is 178 g/mol. The van der Waals surface area contributed by atoms with Crippen LogP contribution in [0.5, 0.6) is 5.75 Å². The summed E-state index contributed by atoms with van der Waals surface area (Å²) in [7, 11) is 6.22. The smallest absolute Gasteiger partial charge is 0.164 e. The van der Waals surface area contributed by atoms with Crippen molar-refractivity contribution in [2.24, 2.45) is 0 Å². The first kappa shape index (κ1) is 8.57. The van der Waals surface area contributed by atoms with Gasteiger partial charge in [-0.15, -0.1) is 0 Å². The molecule has 2 heteroatoms. The summed E-state index contributed by atoms with van der Waals surface area (Å²) in [5.41, 5.74) is 1.42. The molecule has 1 fully saturated rings. The van der Waals surface area contributed by atoms with Crippen LogP contribution in [0, 0.1) is 0 Å². The Morgan fingerprint density at radius 3 is 2.15 bits per heavy atom. The molecule has 2 nitrogen and oxygen atoms in total. The second-order valence-electron chi connectivity index (χ2n) is 4.25. The van der Waals surface area contributed by atoms with Crippen molar-refractivity contribution in [1.29, 1.82) is 0 Å². The van der Waals surface area contributed by atoms with Crippen LogP contribution in [0.1, 0.15) is 11.6 Å². The van der Waals surface area contributed by atoms with E-state index in [2.05, 4.69) is 26.2 Å². The SMILES string of the molecule is COc1ccc(C2C[N+]2(C)C)cc1. The van der Waals surface area contributed by atoms with Gasteiger partial charge in [0.05, 0.1) is 21.2 Å². The van der Waals surface area contributed by atoms with Crippen molar-refractivity contribution in [3.63, 3.8) is 0 Å². The summed E-state index contributed by atoms with van der Waals surface area (Å²) < 4.78 is 6.23. The predicted octanol–water partition coefficient (Wildman–Crippen LogP) is 1.83. The molecule has 1 aliphatic rings. The van der Waals surface area contributed by atoms with E-state index in [0.717, 1.165) is 10.2 Å². The van der Waals surface area contributed by atoms with Crippen LogP contribution in [-0.4, -0.2) is 32.2 Å². The minimum Gasteiger partial charge on any atom is -0.497 e. The van der Waals surface area contributed by atoms with Gasteiger partial charge >= 0.3 is 0 Å². The standard InChI is InChI=1S/C11H16NO/c1-12(2)8-11(12)9-4-6-10(13-3)7-5-9/h4-7,11H,8H2,1-3H3/q+1. The van der Waals surface area contributed by atoms with Crippen LogP contribution in [0.2, 0.25) is 0 Å². The first-order chi connectivity index (χ1) is 6.13. The molecule has 0 spiro atoms. The topological polar surface area (TPSA) is 9.23 Å². The highest BCUT2D eigenvalue weighted by Gasteiger charge is 2.48. The third-order valence-electron chi connectivity index (χ3n) is 2.85. The van der Waals surface area contributed by atoms with Gasteiger partial charge in [0.2, 0.25) is 0 Å². The molecule has 1 heterocycles. The molecule has 0 N–H and O–H groups in total. The fourth-order valence-electron chi connectivity index (χ4n) is 1.73. The molecule has 1 unspecified atom stereocenters. The van der Waals surface area contributed by atoms with Gasteiger partial charge in [-0.1, -0.05) is 0 Å². The third kappa shape index (κ3) is 1.54. The zero-order chi connectivity index (χ0) is 9.47. The Bertz CT molecular complexity index is 302. The highest BCUT2D eigenvalue weighted by atomic mass is 16.5. The van der Waals surface area contributed by atoms with Crippen molar-refractivity contribution in [3.05, 3.63) is 29.8 Å². The molecule has 1 aliphatic heterocycles. The normalized spacial score (nSPS) is 24.1. The Morgan fingerprint density at radius 2 is 1.77 bits per heavy atom. The van der Waals surface area contributed by atoms with Crippen LogP contribution in [0.4, 0.5) is 0 Å². The van der Waals surface area contributed by atoms with Gasteiger partial charge in [0.25, 0.3) is 0 Å². The summed E-state index contributed by atoms with van der Waals surface area (Å²) in [5, 5.41) is 0. The zero-order valence-electron chi connectivity index (χ0n) is 8.45. The molecule has 0 bridgehead atoms. The van der Waals surface area contributed by atoms with Gasteiger partial charge in [-0.2, -0.15) is 0 Å². The van der Waals surface area contributed by atoms with E-state index in [-0.39, 0.29) is 0 Å². The number of nitrogens with zero attached hydrogens (tertiary/aromatic N) is 1. The average Bonchev–Trinajstić information content (AvgIpc) is 2.76. The van der Waals surface area contributed by atoms with E-state index < -0.39 is 0 Å². The van der Waals surface area contributed by atoms with E-state index in [0.29, 0.717) is 6.04 Å². The second-order valence-corrected chi connectivity index (χ2v) is 4.25. The molecule has 1 aromatic carbocycles. The van der Waals surface area contributed by atoms with Gasteiger partial charge in [-0.05, 0) is 24.3 Å². The molecule has 0 aromatic heterocycles. The van der Waals surface area contributed by atoms with Crippen LogP contribution >= 0.6 is 0 Å². The van der Waals surface area contributed by atoms with Crippen molar-refractivity contribution >= 4 is 0 Å². The molecule has 0 saturated carbocycles. The first-order valence-electron chi connectivity index (χ1n) is 4.60. The molecule has 1 saturated heterocycles. The summed E-state index contributed by atoms with van der Waals surface area (Å²) in [6.45, 7) is 1.26. The molecule has 70 valence electrons. The van der Waals surface area contributed by atoms with E-state index in [1.807, 2.05) is 12.1 Å². The highest BCUT2D eigenvalue weighted by Crippen LogP contribution is 2.40. The van der Waals surface area contributed by atoms with E-state index in [1.165, 1.54) is 12.1 Å². The fraction of sp³-hybridized carbons (Fsp3) is 0.455. The Hall–Kier alpha value is -1.02. The van der Waals surface area contributed by atoms with E-state index >= 15 is 0 Å². The Morgan fingerprint density at radius 1 is 1.23 bits per heavy atom. The Kier molecular flexibility index (Phi) is 1.81. The molecular weight excluding hydrogens is 162 g/mol.